The maximum absolute atomic E-state index is 12.6. The average Bonchev–Trinajstić information content (AvgIpc) is 1.97. The fourth-order valence-electron chi connectivity index (χ4n) is 1.09. The van der Waals surface area contributed by atoms with Crippen LogP contribution in [0.25, 0.3) is 0 Å². The maximum atomic E-state index is 12.6. The number of carbonyl (C=O) groups is 2. The summed E-state index contributed by atoms with van der Waals surface area (Å²) in [7, 11) is 0. The summed E-state index contributed by atoms with van der Waals surface area (Å²) in [6, 6.07) is 0. The van der Waals surface area contributed by atoms with E-state index in [1.165, 1.54) is 0 Å². The number of esters is 2. The third-order valence-corrected chi connectivity index (χ3v) is 1.78. The molecule has 1 aliphatic rings. The average molecular weight is 254 g/mol. The highest BCUT2D eigenvalue weighted by Gasteiger charge is 2.78. The molecule has 10 heteroatoms. The van der Waals surface area contributed by atoms with Crippen LogP contribution in [0.5, 0.6) is 0 Å². The highest BCUT2D eigenvalue weighted by atomic mass is 19.4. The number of carbonyl (C=O) groups excluding carboxylic acids is 2. The topological polar surface area (TPSA) is 43.4 Å². The Hall–Kier alpha value is -1.35. The van der Waals surface area contributed by atoms with E-state index in [0.29, 0.717) is 0 Å². The van der Waals surface area contributed by atoms with Crippen LogP contribution in [0.15, 0.2) is 0 Å². The number of ether oxygens (including phenoxy) is 1. The molecule has 1 saturated heterocycles. The van der Waals surface area contributed by atoms with Gasteiger partial charge in [0.1, 0.15) is 0 Å². The summed E-state index contributed by atoms with van der Waals surface area (Å²) in [4.78, 5) is 20.5. The van der Waals surface area contributed by atoms with Gasteiger partial charge in [-0.3, -0.25) is 0 Å². The van der Waals surface area contributed by atoms with Gasteiger partial charge in [-0.25, -0.2) is 9.59 Å². The van der Waals surface area contributed by atoms with Gasteiger partial charge in [-0.2, -0.15) is 30.7 Å². The molecule has 1 rings (SSSR count). The Bertz CT molecular complexity index is 319. The van der Waals surface area contributed by atoms with Crippen molar-refractivity contribution in [2.45, 2.75) is 18.0 Å². The molecule has 0 atom stereocenters. The Labute approximate surface area is 82.2 Å². The zero-order valence-corrected chi connectivity index (χ0v) is 6.95. The molecular formula is C6HF7O3. The van der Waals surface area contributed by atoms with Crippen LogP contribution in [-0.2, 0) is 14.3 Å². The lowest BCUT2D eigenvalue weighted by atomic mass is 9.91. The SMILES string of the molecule is O=C1OC(=O)C(F)(F)C(C(F)(F)F)C1(F)F. The Morgan fingerprint density at radius 2 is 1.25 bits per heavy atom. The fourth-order valence-corrected chi connectivity index (χ4v) is 1.09. The molecule has 1 heterocycles. The predicted octanol–water partition coefficient (Wildman–Crippen LogP) is 1.52. The Morgan fingerprint density at radius 3 is 1.50 bits per heavy atom. The second-order valence-electron chi connectivity index (χ2n) is 2.90. The molecule has 0 amide bonds. The Balaban J connectivity index is 3.34. The highest BCUT2D eigenvalue weighted by molar-refractivity contribution is 5.96. The van der Waals surface area contributed by atoms with E-state index in [-0.39, 0.29) is 0 Å². The van der Waals surface area contributed by atoms with Crippen LogP contribution in [0, 0.1) is 5.92 Å². The van der Waals surface area contributed by atoms with E-state index in [2.05, 4.69) is 4.74 Å². The summed E-state index contributed by atoms with van der Waals surface area (Å²) in [6.45, 7) is 0. The zero-order chi connectivity index (χ0) is 12.9. The van der Waals surface area contributed by atoms with Crippen molar-refractivity contribution in [3.8, 4) is 0 Å². The quantitative estimate of drug-likeness (QED) is 0.374. The van der Waals surface area contributed by atoms with Crippen molar-refractivity contribution in [1.82, 2.24) is 0 Å². The zero-order valence-electron chi connectivity index (χ0n) is 6.95. The molecule has 0 radical (unpaired) electrons. The third kappa shape index (κ3) is 1.61. The van der Waals surface area contributed by atoms with Gasteiger partial charge in [0, 0.05) is 0 Å². The molecule has 0 unspecified atom stereocenters. The van der Waals surface area contributed by atoms with Gasteiger partial charge in [0.15, 0.2) is 0 Å². The van der Waals surface area contributed by atoms with Crippen molar-refractivity contribution in [2.75, 3.05) is 0 Å². The van der Waals surface area contributed by atoms with Gasteiger partial charge < -0.3 is 4.74 Å². The number of cyclic esters (lactones) is 2. The summed E-state index contributed by atoms with van der Waals surface area (Å²) >= 11 is 0. The Morgan fingerprint density at radius 1 is 0.938 bits per heavy atom. The minimum absolute atomic E-state index is 2.86. The first-order valence-corrected chi connectivity index (χ1v) is 3.51. The third-order valence-electron chi connectivity index (χ3n) is 1.78. The first kappa shape index (κ1) is 12.7. The van der Waals surface area contributed by atoms with Crippen molar-refractivity contribution in [2.24, 2.45) is 5.92 Å². The lowest BCUT2D eigenvalue weighted by Crippen LogP contribution is -2.63. The molecule has 0 aromatic rings. The monoisotopic (exact) mass is 254 g/mol. The molecule has 0 aliphatic carbocycles. The molecule has 0 bridgehead atoms. The van der Waals surface area contributed by atoms with E-state index in [0.717, 1.165) is 0 Å². The molecule has 0 aromatic heterocycles. The summed E-state index contributed by atoms with van der Waals surface area (Å²) in [5, 5.41) is 0. The second-order valence-corrected chi connectivity index (χ2v) is 2.90. The molecule has 0 spiro atoms. The number of hydrogen-bond donors (Lipinski definition) is 0. The van der Waals surface area contributed by atoms with Crippen LogP contribution < -0.4 is 0 Å². The van der Waals surface area contributed by atoms with E-state index in [1.54, 1.807) is 0 Å². The first-order chi connectivity index (χ1) is 6.91. The molecule has 1 fully saturated rings. The molecule has 0 saturated carbocycles. The fraction of sp³-hybridized carbons (Fsp3) is 0.667. The van der Waals surface area contributed by atoms with Crippen LogP contribution in [0.1, 0.15) is 0 Å². The smallest absolute Gasteiger partial charge is 0.384 e. The predicted molar refractivity (Wildman–Crippen MR) is 30.5 cm³/mol. The molecule has 3 nitrogen and oxygen atoms in total. The van der Waals surface area contributed by atoms with E-state index in [9.17, 15) is 40.3 Å². The van der Waals surface area contributed by atoms with Crippen LogP contribution >= 0.6 is 0 Å². The van der Waals surface area contributed by atoms with Gasteiger partial charge in [-0.05, 0) is 0 Å². The van der Waals surface area contributed by atoms with E-state index in [4.69, 9.17) is 0 Å². The largest absolute Gasteiger partial charge is 0.404 e. The van der Waals surface area contributed by atoms with E-state index in [1.807, 2.05) is 0 Å². The number of halogens is 7. The molecule has 16 heavy (non-hydrogen) atoms. The van der Waals surface area contributed by atoms with Gasteiger partial charge >= 0.3 is 30.0 Å². The van der Waals surface area contributed by atoms with E-state index < -0.39 is 35.9 Å². The van der Waals surface area contributed by atoms with E-state index >= 15 is 0 Å². The molecule has 92 valence electrons. The summed E-state index contributed by atoms with van der Waals surface area (Å²) < 4.78 is 89.1. The van der Waals surface area contributed by atoms with Crippen molar-refractivity contribution in [3.63, 3.8) is 0 Å². The first-order valence-electron chi connectivity index (χ1n) is 3.51. The second kappa shape index (κ2) is 3.08. The molecule has 0 aromatic carbocycles. The summed E-state index contributed by atoms with van der Waals surface area (Å²) in [5.41, 5.74) is 0. The van der Waals surface area contributed by atoms with Gasteiger partial charge in [-0.1, -0.05) is 0 Å². The van der Waals surface area contributed by atoms with Crippen molar-refractivity contribution in [1.29, 1.82) is 0 Å². The number of alkyl halides is 7. The van der Waals surface area contributed by atoms with Crippen LogP contribution in [0.3, 0.4) is 0 Å². The number of hydrogen-bond acceptors (Lipinski definition) is 3. The standard InChI is InChI=1S/C6HF7O3/c7-4(8)1(6(11,12)13)5(9,10)3(15)16-2(4)14/h1H. The van der Waals surface area contributed by atoms with Gasteiger partial charge in [0.2, 0.25) is 5.92 Å². The lowest BCUT2D eigenvalue weighted by Gasteiger charge is -2.34. The van der Waals surface area contributed by atoms with Crippen LogP contribution in [-0.4, -0.2) is 30.0 Å². The van der Waals surface area contributed by atoms with Crippen LogP contribution in [0.4, 0.5) is 30.7 Å². The van der Waals surface area contributed by atoms with Gasteiger partial charge in [0.25, 0.3) is 0 Å². The highest BCUT2D eigenvalue weighted by Crippen LogP contribution is 2.50. The molecule has 0 N–H and O–H groups in total. The normalized spacial score (nSPS) is 25.4. The minimum Gasteiger partial charge on any atom is -0.384 e. The van der Waals surface area contributed by atoms with Crippen molar-refractivity contribution < 1.29 is 45.1 Å². The summed E-state index contributed by atoms with van der Waals surface area (Å²) in [5.74, 6) is -21.6. The van der Waals surface area contributed by atoms with Crippen molar-refractivity contribution >= 4 is 11.9 Å². The van der Waals surface area contributed by atoms with Gasteiger partial charge in [-0.15, -0.1) is 0 Å². The number of rotatable bonds is 0. The maximum Gasteiger partial charge on any atom is 0.404 e. The minimum atomic E-state index is -6.12. The molecule has 1 aliphatic heterocycles. The van der Waals surface area contributed by atoms with Crippen molar-refractivity contribution in [3.05, 3.63) is 0 Å². The summed E-state index contributed by atoms with van der Waals surface area (Å²) in [6.07, 6.45) is -6.12. The lowest BCUT2D eigenvalue weighted by molar-refractivity contribution is -0.311. The van der Waals surface area contributed by atoms with Gasteiger partial charge in [0.05, 0.1) is 0 Å². The van der Waals surface area contributed by atoms with Crippen LogP contribution in [0.2, 0.25) is 0 Å². The Kier molecular flexibility index (Phi) is 2.44. The molecular weight excluding hydrogens is 253 g/mol.